The fourth-order valence-electron chi connectivity index (χ4n) is 24.2. The molecule has 3 amide bonds. The van der Waals surface area contributed by atoms with Gasteiger partial charge in [-0.15, -0.1) is 0 Å². The minimum Gasteiger partial charge on any atom is -0.464 e. The summed E-state index contributed by atoms with van der Waals surface area (Å²) in [5.74, 6) is -0.750. The van der Waals surface area contributed by atoms with Crippen LogP contribution < -0.4 is 0 Å². The number of carbonyl (C=O) groups is 5. The topological polar surface area (TPSA) is 221 Å². The molecule has 11 aliphatic rings. The lowest BCUT2D eigenvalue weighted by Crippen LogP contribution is -2.51. The van der Waals surface area contributed by atoms with Gasteiger partial charge in [-0.3, -0.25) is 19.2 Å². The Balaban J connectivity index is 0.000000113. The van der Waals surface area contributed by atoms with Crippen LogP contribution in [0.1, 0.15) is 166 Å². The van der Waals surface area contributed by atoms with Crippen LogP contribution in [-0.4, -0.2) is 169 Å². The van der Waals surface area contributed by atoms with Crippen molar-refractivity contribution in [3.8, 4) is 66.8 Å². The predicted molar refractivity (Wildman–Crippen MR) is 605 cm³/mol. The Labute approximate surface area is 935 Å². The van der Waals surface area contributed by atoms with Crippen molar-refractivity contribution in [2.45, 2.75) is 149 Å². The number of fused-ring (bicyclic) bond motifs is 28. The molecule has 1 saturated carbocycles. The summed E-state index contributed by atoms with van der Waals surface area (Å²) in [7, 11) is -1.68. The zero-order valence-electron chi connectivity index (χ0n) is 79.2. The molecule has 23 rings (SSSR count). The summed E-state index contributed by atoms with van der Waals surface area (Å²) in [6, 6.07) is 76.9. The largest absolute Gasteiger partial charge is 0.464 e. The molecule has 30 heteroatoms. The summed E-state index contributed by atoms with van der Waals surface area (Å²) in [5, 5.41) is 30.4. The van der Waals surface area contributed by atoms with Gasteiger partial charge < -0.3 is 44.2 Å². The minimum atomic E-state index is -3.13. The van der Waals surface area contributed by atoms with Crippen LogP contribution in [0, 0.1) is 0 Å². The average molecular weight is 2710 g/mol. The molecule has 143 heavy (non-hydrogen) atoms. The maximum atomic E-state index is 12.5. The van der Waals surface area contributed by atoms with Gasteiger partial charge in [0.25, 0.3) is 5.91 Å². The second-order valence-corrected chi connectivity index (χ2v) is 52.3. The third-order valence-corrected chi connectivity index (χ3v) is 38.1. The number of nitrogens with zero attached hydrogens (tertiary/aromatic N) is 4. The van der Waals surface area contributed by atoms with Crippen molar-refractivity contribution in [2.75, 3.05) is 78.9 Å². The minimum absolute atomic E-state index is 0.0251. The van der Waals surface area contributed by atoms with Crippen molar-refractivity contribution in [1.29, 1.82) is 0 Å². The molecule has 3 N–H and O–H groups in total. The molecular weight excluding hydrogens is 2610 g/mol. The Morgan fingerprint density at radius 1 is 0.322 bits per heavy atom. The number of carbonyl (C=O) groups excluding carboxylic acids is 5. The molecular formula is C113H102Br12N4O13S. The summed E-state index contributed by atoms with van der Waals surface area (Å²) in [4.78, 5) is 64.6. The van der Waals surface area contributed by atoms with Crippen LogP contribution in [0.4, 0.5) is 4.79 Å². The first-order valence-corrected chi connectivity index (χ1v) is 58.6. The highest BCUT2D eigenvalue weighted by atomic mass is 79.9. The molecule has 742 valence electrons. The Bertz CT molecular complexity index is 6910. The zero-order valence-corrected chi connectivity index (χ0v) is 99.1. The van der Waals surface area contributed by atoms with Gasteiger partial charge in [0.1, 0.15) is 18.8 Å². The van der Waals surface area contributed by atoms with Gasteiger partial charge in [0.2, 0.25) is 15.9 Å². The van der Waals surface area contributed by atoms with E-state index in [9.17, 15) is 47.7 Å². The number of aliphatic hydroxyl groups is 3. The molecule has 4 aliphatic heterocycles. The van der Waals surface area contributed by atoms with Crippen molar-refractivity contribution >= 4 is 231 Å². The maximum absolute atomic E-state index is 12.5. The zero-order chi connectivity index (χ0) is 102. The van der Waals surface area contributed by atoms with Gasteiger partial charge in [-0.05, 0) is 357 Å². The van der Waals surface area contributed by atoms with Gasteiger partial charge in [-0.25, -0.2) is 17.5 Å². The first-order valence-electron chi connectivity index (χ1n) is 47.3. The predicted octanol–water partition coefficient (Wildman–Crippen LogP) is 28.5. The standard InChI is InChI=1S/C21H21Br2NO2.C19H17Br2NO2.C19H17Br2NO.C19H16Br2O4.C18H17Br2NO2S.C17H14Br2O2/c1-20(2,26)19(25)24-9-7-21(8-10-24)17-11-13(22)3-5-15(17)16-6-4-14(23)12-18(16)21;1-24-18(23)22-8-6-19(7-9-22)16-10-12(20)2-4-14(16)15-5-3-13(21)11-17(15)19;1-12(23)22-8-6-19(7-9-22)17-10-13(20)2-4-15(17)16-5-3-14(21)11-18(16)19;1-11(22)24-9-19(10-25-12(2)23)17-7-13(20)3-5-15(17)16-6-4-14(21)8-18(16)19;1-24(22,23)21-8-6-18(7-9-21)16-10-12(19)2-4-14(16)15-5-3-13(20)11-17(15)18;18-9-1-3-11-12-4-2-10(19)6-14(12)17(13(11)5-9)7-15(20)16(21)8-17/h3-6,11-12,26H,7-10H2,1-2H3;2-5,10-11H,6-9H2,1H3;2-5,10-11H,6-9H2,1H3;3-8H,9-10H2,1-2H3;2-5,10-11H,6-9H2,1H3;1-6,15-16,20-21H,7-8H2/t;;;;;15-,16+. The molecule has 0 radical (unpaired) electrons. The molecule has 5 fully saturated rings. The van der Waals surface area contributed by atoms with Gasteiger partial charge >= 0.3 is 18.0 Å². The highest BCUT2D eigenvalue weighted by Crippen LogP contribution is 2.63. The lowest BCUT2D eigenvalue weighted by atomic mass is 9.71. The van der Waals surface area contributed by atoms with Crippen LogP contribution in [0.25, 0.3) is 66.8 Å². The molecule has 0 bridgehead atoms. The van der Waals surface area contributed by atoms with Crippen LogP contribution in [0.2, 0.25) is 0 Å². The number of ether oxygens (including phenoxy) is 3. The number of hydrogen-bond donors (Lipinski definition) is 3. The van der Waals surface area contributed by atoms with Crippen LogP contribution in [0.15, 0.2) is 272 Å². The summed E-state index contributed by atoms with van der Waals surface area (Å²) in [5.41, 5.74) is 27.7. The summed E-state index contributed by atoms with van der Waals surface area (Å²) < 4.78 is 53.7. The molecule has 0 aromatic heterocycles. The third kappa shape index (κ3) is 20.2. The number of aliphatic hydroxyl groups excluding tert-OH is 2. The molecule has 0 unspecified atom stereocenters. The molecule has 7 aliphatic carbocycles. The number of piperidine rings is 4. The van der Waals surface area contributed by atoms with E-state index >= 15 is 0 Å². The van der Waals surface area contributed by atoms with E-state index < -0.39 is 33.2 Å². The first-order chi connectivity index (χ1) is 67.9. The number of sulfonamides is 1. The van der Waals surface area contributed by atoms with Crippen LogP contribution in [0.5, 0.6) is 0 Å². The van der Waals surface area contributed by atoms with E-state index in [1.165, 1.54) is 138 Å². The van der Waals surface area contributed by atoms with Gasteiger partial charge in [-0.1, -0.05) is 264 Å². The molecule has 12 aromatic rings. The van der Waals surface area contributed by atoms with E-state index in [2.05, 4.69) is 361 Å². The number of methoxy groups -OCH3 is 1. The normalized spacial score (nSPS) is 18.4. The van der Waals surface area contributed by atoms with Crippen molar-refractivity contribution in [3.63, 3.8) is 0 Å². The van der Waals surface area contributed by atoms with E-state index in [0.717, 1.165) is 140 Å². The number of likely N-dealkylation sites (tertiary alicyclic amines) is 3. The van der Waals surface area contributed by atoms with E-state index in [1.807, 2.05) is 53.4 Å². The second kappa shape index (κ2) is 41.9. The Morgan fingerprint density at radius 3 is 0.720 bits per heavy atom. The fourth-order valence-corrected chi connectivity index (χ4v) is 29.4. The van der Waals surface area contributed by atoms with Gasteiger partial charge in [-0.2, -0.15) is 0 Å². The average Bonchev–Trinajstić information content (AvgIpc) is 1.56. The van der Waals surface area contributed by atoms with Crippen LogP contribution >= 0.6 is 191 Å². The molecule has 17 nitrogen and oxygen atoms in total. The maximum Gasteiger partial charge on any atom is 0.409 e. The third-order valence-electron chi connectivity index (χ3n) is 30.9. The number of benzene rings is 12. The Hall–Kier alpha value is -6.66. The van der Waals surface area contributed by atoms with Crippen LogP contribution in [-0.2, 0) is 75.9 Å². The Kier molecular flexibility index (Phi) is 31.1. The lowest BCUT2D eigenvalue weighted by molar-refractivity contribution is -0.149. The number of hydrogen-bond acceptors (Lipinski definition) is 13. The highest BCUT2D eigenvalue weighted by molar-refractivity contribution is 9.12. The SMILES string of the molecule is CC(=O)N1CCC2(CC1)c1cc(Br)ccc1-c1ccc(Br)cc12.CC(=O)OCC1(COC(C)=O)c2cc(Br)ccc2-c2ccc(Br)cc21.CC(C)(O)C(=O)N1CCC2(CC1)c1cc(Br)ccc1-c1ccc(Br)cc12.COC(=O)N1CCC2(CC1)c1cc(Br)ccc1-c1ccc(Br)cc12.CS(=O)(=O)N1CCC2(CC1)c1cc(Br)ccc1-c1ccc(Br)cc12.O[C@@H]1CC2(C[C@@H]1O)c1cc(Br)ccc1-c1ccc(Br)cc12. The van der Waals surface area contributed by atoms with Gasteiger partial charge in [0.15, 0.2) is 0 Å². The molecule has 4 saturated heterocycles. The van der Waals surface area contributed by atoms with Crippen molar-refractivity contribution in [1.82, 2.24) is 19.0 Å². The van der Waals surface area contributed by atoms with Gasteiger partial charge in [0, 0.05) is 154 Å². The molecule has 12 aromatic carbocycles. The lowest BCUT2D eigenvalue weighted by Gasteiger charge is -2.42. The number of amides is 3. The quantitative estimate of drug-likeness (QED) is 0.104. The summed E-state index contributed by atoms with van der Waals surface area (Å²) in [6.45, 7) is 13.3. The number of halogens is 12. The van der Waals surface area contributed by atoms with Crippen molar-refractivity contribution in [2.24, 2.45) is 0 Å². The molecule has 4 heterocycles. The number of esters is 2. The van der Waals surface area contributed by atoms with Crippen LogP contribution in [0.3, 0.4) is 0 Å². The fraction of sp³-hybridized carbons (Fsp3) is 0.319. The van der Waals surface area contributed by atoms with E-state index in [0.29, 0.717) is 52.1 Å². The van der Waals surface area contributed by atoms with E-state index in [1.54, 1.807) is 34.9 Å². The van der Waals surface area contributed by atoms with Crippen molar-refractivity contribution < 1.29 is 61.9 Å². The van der Waals surface area contributed by atoms with Gasteiger partial charge in [0.05, 0.1) is 31.0 Å². The molecule has 2 atom stereocenters. The number of rotatable bonds is 6. The highest BCUT2D eigenvalue weighted by Gasteiger charge is 2.55. The van der Waals surface area contributed by atoms with E-state index in [-0.39, 0.29) is 70.1 Å². The summed E-state index contributed by atoms with van der Waals surface area (Å²) >= 11 is 43.1. The van der Waals surface area contributed by atoms with Crippen molar-refractivity contribution in [3.05, 3.63) is 339 Å². The first kappa shape index (κ1) is 106. The molecule has 5 spiro atoms. The summed E-state index contributed by atoms with van der Waals surface area (Å²) in [6.07, 6.45) is 8.03. The van der Waals surface area contributed by atoms with E-state index in [4.69, 9.17) is 14.2 Å². The Morgan fingerprint density at radius 2 is 0.517 bits per heavy atom. The smallest absolute Gasteiger partial charge is 0.409 e. The monoisotopic (exact) mass is 2700 g/mol. The second-order valence-electron chi connectivity index (χ2n) is 39.4.